The van der Waals surface area contributed by atoms with Gasteiger partial charge in [-0.15, -0.1) is 0 Å². The molecule has 0 spiro atoms. The molecule has 3 nitrogen and oxygen atoms in total. The maximum absolute atomic E-state index is 10.7. The highest BCUT2D eigenvalue weighted by molar-refractivity contribution is 5.35. The minimum Gasteiger partial charge on any atom is -0.493 e. The molecule has 1 aromatic carbocycles. The Kier molecular flexibility index (Phi) is 4.48. The molecule has 1 N–H and O–H groups in total. The maximum atomic E-state index is 10.7. The van der Waals surface area contributed by atoms with Crippen LogP contribution in [-0.2, 0) is 4.74 Å². The van der Waals surface area contributed by atoms with Crippen molar-refractivity contribution in [1.82, 2.24) is 0 Å². The normalized spacial score (nSPS) is 32.3. The predicted molar refractivity (Wildman–Crippen MR) is 75.2 cm³/mol. The summed E-state index contributed by atoms with van der Waals surface area (Å²) in [7, 11) is 0. The molecule has 0 radical (unpaired) electrons. The summed E-state index contributed by atoms with van der Waals surface area (Å²) in [6.07, 6.45) is -0.290. The molecule has 0 aromatic heterocycles. The van der Waals surface area contributed by atoms with E-state index in [4.69, 9.17) is 9.47 Å². The smallest absolute Gasteiger partial charge is 0.125 e. The number of benzene rings is 1. The summed E-state index contributed by atoms with van der Waals surface area (Å²) in [4.78, 5) is 0. The van der Waals surface area contributed by atoms with Crippen molar-refractivity contribution in [2.45, 2.75) is 46.0 Å². The number of aliphatic hydroxyl groups is 1. The van der Waals surface area contributed by atoms with Crippen LogP contribution in [0.1, 0.15) is 39.4 Å². The zero-order valence-corrected chi connectivity index (χ0v) is 12.2. The van der Waals surface area contributed by atoms with Gasteiger partial charge in [-0.1, -0.05) is 25.1 Å². The number of hydrogen-bond acceptors (Lipinski definition) is 3. The summed E-state index contributed by atoms with van der Waals surface area (Å²) >= 11 is 0. The van der Waals surface area contributed by atoms with Gasteiger partial charge >= 0.3 is 0 Å². The average molecular weight is 264 g/mol. The van der Waals surface area contributed by atoms with Crippen LogP contribution in [0, 0.1) is 11.8 Å². The molecule has 5 atom stereocenters. The van der Waals surface area contributed by atoms with Crippen LogP contribution in [0.5, 0.6) is 5.75 Å². The minimum absolute atomic E-state index is 0.0645. The van der Waals surface area contributed by atoms with Crippen LogP contribution in [-0.4, -0.2) is 23.9 Å². The lowest BCUT2D eigenvalue weighted by molar-refractivity contribution is 0.0223. The topological polar surface area (TPSA) is 38.7 Å². The molecule has 1 heterocycles. The summed E-state index contributed by atoms with van der Waals surface area (Å²) in [5.41, 5.74) is 0.866. The second-order valence-electron chi connectivity index (χ2n) is 5.40. The number of ether oxygens (including phenoxy) is 2. The first kappa shape index (κ1) is 14.4. The Balaban J connectivity index is 2.26. The lowest BCUT2D eigenvalue weighted by atomic mass is 9.82. The Labute approximate surface area is 115 Å². The van der Waals surface area contributed by atoms with Crippen LogP contribution in [0.3, 0.4) is 0 Å². The zero-order chi connectivity index (χ0) is 14.0. The van der Waals surface area contributed by atoms with Gasteiger partial charge in [-0.2, -0.15) is 0 Å². The van der Waals surface area contributed by atoms with E-state index in [1.54, 1.807) is 0 Å². The van der Waals surface area contributed by atoms with Gasteiger partial charge in [0.2, 0.25) is 0 Å². The van der Waals surface area contributed by atoms with Crippen molar-refractivity contribution in [1.29, 1.82) is 0 Å². The first-order valence-corrected chi connectivity index (χ1v) is 7.11. The van der Waals surface area contributed by atoms with Crippen molar-refractivity contribution in [3.63, 3.8) is 0 Å². The van der Waals surface area contributed by atoms with Crippen molar-refractivity contribution in [2.75, 3.05) is 6.61 Å². The second-order valence-corrected chi connectivity index (χ2v) is 5.40. The van der Waals surface area contributed by atoms with E-state index in [1.807, 2.05) is 38.1 Å². The standard InChI is InChI=1S/C16H24O3/c1-5-18-14-9-7-6-8-13(14)16(17)15-10(2)11(3)19-12(15)4/h6-12,15-17H,5H2,1-4H3. The van der Waals surface area contributed by atoms with Gasteiger partial charge in [0.15, 0.2) is 0 Å². The molecule has 19 heavy (non-hydrogen) atoms. The molecule has 1 aromatic rings. The fourth-order valence-electron chi connectivity index (χ4n) is 3.06. The zero-order valence-electron chi connectivity index (χ0n) is 12.2. The number of para-hydroxylation sites is 1. The average Bonchev–Trinajstić information content (AvgIpc) is 2.64. The van der Waals surface area contributed by atoms with Gasteiger partial charge in [-0.3, -0.25) is 0 Å². The molecule has 106 valence electrons. The van der Waals surface area contributed by atoms with E-state index in [1.165, 1.54) is 0 Å². The quantitative estimate of drug-likeness (QED) is 0.907. The van der Waals surface area contributed by atoms with Crippen molar-refractivity contribution in [2.24, 2.45) is 11.8 Å². The molecule has 1 aliphatic heterocycles. The fourth-order valence-corrected chi connectivity index (χ4v) is 3.06. The summed E-state index contributed by atoms with van der Waals surface area (Å²) < 4.78 is 11.4. The third-order valence-corrected chi connectivity index (χ3v) is 4.22. The van der Waals surface area contributed by atoms with Gasteiger partial charge in [0, 0.05) is 11.5 Å². The van der Waals surface area contributed by atoms with Crippen LogP contribution < -0.4 is 4.74 Å². The predicted octanol–water partition coefficient (Wildman–Crippen LogP) is 3.18. The Bertz CT molecular complexity index is 418. The largest absolute Gasteiger partial charge is 0.493 e. The van der Waals surface area contributed by atoms with Crippen molar-refractivity contribution < 1.29 is 14.6 Å². The number of aliphatic hydroxyl groups excluding tert-OH is 1. The second kappa shape index (κ2) is 5.93. The SMILES string of the molecule is CCOc1ccccc1C(O)C1C(C)OC(C)C1C. The molecule has 3 heteroatoms. The van der Waals surface area contributed by atoms with Crippen LogP contribution in [0.4, 0.5) is 0 Å². The molecule has 1 saturated heterocycles. The molecule has 0 bridgehead atoms. The van der Waals surface area contributed by atoms with E-state index < -0.39 is 6.10 Å². The van der Waals surface area contributed by atoms with Gasteiger partial charge in [0.1, 0.15) is 5.75 Å². The van der Waals surface area contributed by atoms with E-state index >= 15 is 0 Å². The molecular weight excluding hydrogens is 240 g/mol. The van der Waals surface area contributed by atoms with Gasteiger partial charge < -0.3 is 14.6 Å². The van der Waals surface area contributed by atoms with Crippen LogP contribution in [0.15, 0.2) is 24.3 Å². The highest BCUT2D eigenvalue weighted by Crippen LogP contribution is 2.42. The summed E-state index contributed by atoms with van der Waals surface area (Å²) in [6.45, 7) is 8.81. The van der Waals surface area contributed by atoms with Crippen LogP contribution in [0.2, 0.25) is 0 Å². The molecule has 1 fully saturated rings. The molecule has 0 amide bonds. The number of hydrogen-bond donors (Lipinski definition) is 1. The minimum atomic E-state index is -0.544. The van der Waals surface area contributed by atoms with E-state index in [2.05, 4.69) is 13.8 Å². The molecule has 1 aliphatic rings. The highest BCUT2D eigenvalue weighted by Gasteiger charge is 2.42. The Morgan fingerprint density at radius 2 is 1.89 bits per heavy atom. The van der Waals surface area contributed by atoms with E-state index in [9.17, 15) is 5.11 Å². The molecular formula is C16H24O3. The van der Waals surface area contributed by atoms with E-state index in [-0.39, 0.29) is 18.1 Å². The third kappa shape index (κ3) is 2.77. The maximum Gasteiger partial charge on any atom is 0.125 e. The fraction of sp³-hybridized carbons (Fsp3) is 0.625. The monoisotopic (exact) mass is 264 g/mol. The van der Waals surface area contributed by atoms with Gasteiger partial charge in [0.05, 0.1) is 24.9 Å². The molecule has 0 saturated carbocycles. The Hall–Kier alpha value is -1.06. The number of rotatable bonds is 4. The first-order chi connectivity index (χ1) is 9.06. The molecule has 5 unspecified atom stereocenters. The lowest BCUT2D eigenvalue weighted by Crippen LogP contribution is -2.25. The van der Waals surface area contributed by atoms with Crippen LogP contribution in [0.25, 0.3) is 0 Å². The van der Waals surface area contributed by atoms with E-state index in [0.717, 1.165) is 11.3 Å². The lowest BCUT2D eigenvalue weighted by Gasteiger charge is -2.26. The summed E-state index contributed by atoms with van der Waals surface area (Å²) in [5, 5.41) is 10.7. The van der Waals surface area contributed by atoms with Crippen molar-refractivity contribution in [3.05, 3.63) is 29.8 Å². The summed E-state index contributed by atoms with van der Waals surface area (Å²) in [5.74, 6) is 1.22. The van der Waals surface area contributed by atoms with Gasteiger partial charge in [0.25, 0.3) is 0 Å². The Morgan fingerprint density at radius 3 is 2.47 bits per heavy atom. The third-order valence-electron chi connectivity index (χ3n) is 4.22. The Morgan fingerprint density at radius 1 is 1.21 bits per heavy atom. The molecule has 2 rings (SSSR count). The highest BCUT2D eigenvalue weighted by atomic mass is 16.5. The van der Waals surface area contributed by atoms with Crippen molar-refractivity contribution in [3.8, 4) is 5.75 Å². The van der Waals surface area contributed by atoms with E-state index in [0.29, 0.717) is 12.5 Å². The van der Waals surface area contributed by atoms with Gasteiger partial charge in [-0.25, -0.2) is 0 Å². The van der Waals surface area contributed by atoms with Gasteiger partial charge in [-0.05, 0) is 32.8 Å². The summed E-state index contributed by atoms with van der Waals surface area (Å²) in [6, 6.07) is 7.73. The van der Waals surface area contributed by atoms with Crippen molar-refractivity contribution >= 4 is 0 Å². The molecule has 0 aliphatic carbocycles. The van der Waals surface area contributed by atoms with Crippen LogP contribution >= 0.6 is 0 Å². The first-order valence-electron chi connectivity index (χ1n) is 7.11.